The average molecular weight is 380 g/mol. The second kappa shape index (κ2) is 8.81. The highest BCUT2D eigenvalue weighted by Crippen LogP contribution is 2.13. The Hall–Kier alpha value is -3.68. The van der Waals surface area contributed by atoms with Gasteiger partial charge in [0.25, 0.3) is 5.91 Å². The highest BCUT2D eigenvalue weighted by molar-refractivity contribution is 5.95. The van der Waals surface area contributed by atoms with Crippen molar-refractivity contribution in [3.05, 3.63) is 59.9 Å². The molecule has 0 saturated carbocycles. The van der Waals surface area contributed by atoms with Crippen molar-refractivity contribution in [2.75, 3.05) is 6.61 Å². The Kier molecular flexibility index (Phi) is 6.01. The fraction of sp³-hybridized carbons (Fsp3) is 0.200. The van der Waals surface area contributed by atoms with Gasteiger partial charge in [-0.1, -0.05) is 19.1 Å². The molecule has 8 heteroatoms. The summed E-state index contributed by atoms with van der Waals surface area (Å²) in [6.07, 6.45) is 0.430. The quantitative estimate of drug-likeness (QED) is 0.428. The number of aromatic amines is 1. The lowest BCUT2D eigenvalue weighted by Gasteiger charge is -2.08. The van der Waals surface area contributed by atoms with Crippen LogP contribution < -0.4 is 15.6 Å². The number of carbonyl (C=O) groups is 3. The number of hydrogen-bond donors (Lipinski definition) is 3. The lowest BCUT2D eigenvalue weighted by Crippen LogP contribution is -2.44. The third kappa shape index (κ3) is 4.94. The second-order valence-electron chi connectivity index (χ2n) is 6.06. The topological polar surface area (TPSA) is 113 Å². The van der Waals surface area contributed by atoms with Gasteiger partial charge in [-0.15, -0.1) is 0 Å². The van der Waals surface area contributed by atoms with Crippen molar-refractivity contribution in [2.24, 2.45) is 0 Å². The lowest BCUT2D eigenvalue weighted by molar-refractivity contribution is -0.129. The van der Waals surface area contributed by atoms with Crippen LogP contribution in [-0.4, -0.2) is 34.2 Å². The first-order valence-corrected chi connectivity index (χ1v) is 8.82. The fourth-order valence-corrected chi connectivity index (χ4v) is 2.55. The van der Waals surface area contributed by atoms with E-state index in [0.717, 1.165) is 11.0 Å². The van der Waals surface area contributed by atoms with Crippen LogP contribution in [0.4, 0.5) is 0 Å². The van der Waals surface area contributed by atoms with Crippen LogP contribution >= 0.6 is 0 Å². The number of rotatable bonds is 7. The molecule has 2 amide bonds. The number of benzene rings is 2. The van der Waals surface area contributed by atoms with Gasteiger partial charge in [0, 0.05) is 12.0 Å². The molecule has 0 atom stereocenters. The van der Waals surface area contributed by atoms with E-state index in [1.807, 2.05) is 24.3 Å². The van der Waals surface area contributed by atoms with E-state index >= 15 is 0 Å². The Balaban J connectivity index is 1.42. The standard InChI is InChI=1S/C20H20N4O4/c1-2-17(25)13-7-9-14(10-8-13)28-12-20(27)24-23-19(26)11-18-21-15-5-3-4-6-16(15)22-18/h3-10H,2,11-12H2,1H3,(H,21,22)(H,23,26)(H,24,27). The summed E-state index contributed by atoms with van der Waals surface area (Å²) in [4.78, 5) is 42.7. The summed E-state index contributed by atoms with van der Waals surface area (Å²) in [6.45, 7) is 1.52. The molecule has 1 heterocycles. The number of nitrogens with one attached hydrogen (secondary N) is 3. The first-order valence-electron chi connectivity index (χ1n) is 8.82. The third-order valence-corrected chi connectivity index (χ3v) is 3.98. The summed E-state index contributed by atoms with van der Waals surface area (Å²) >= 11 is 0. The number of ether oxygens (including phenoxy) is 1. The molecule has 144 valence electrons. The van der Waals surface area contributed by atoms with Gasteiger partial charge < -0.3 is 9.72 Å². The van der Waals surface area contributed by atoms with Crippen LogP contribution in [0.25, 0.3) is 11.0 Å². The van der Waals surface area contributed by atoms with E-state index in [-0.39, 0.29) is 18.8 Å². The van der Waals surface area contributed by atoms with Crippen LogP contribution in [0, 0.1) is 0 Å². The predicted molar refractivity (Wildman–Crippen MR) is 103 cm³/mol. The molecule has 3 aromatic rings. The summed E-state index contributed by atoms with van der Waals surface area (Å²) in [5.74, 6) is 0.0836. The molecule has 0 aliphatic heterocycles. The van der Waals surface area contributed by atoms with E-state index in [9.17, 15) is 14.4 Å². The molecular weight excluding hydrogens is 360 g/mol. The Morgan fingerprint density at radius 2 is 1.71 bits per heavy atom. The van der Waals surface area contributed by atoms with Gasteiger partial charge in [-0.3, -0.25) is 25.2 Å². The Morgan fingerprint density at radius 3 is 2.43 bits per heavy atom. The number of Topliss-reactive ketones (excluding diaryl/α,β-unsaturated/α-hetero) is 1. The lowest BCUT2D eigenvalue weighted by atomic mass is 10.1. The van der Waals surface area contributed by atoms with Gasteiger partial charge >= 0.3 is 0 Å². The Bertz CT molecular complexity index is 962. The van der Waals surface area contributed by atoms with E-state index in [1.165, 1.54) is 0 Å². The first kappa shape index (κ1) is 19.1. The normalized spacial score (nSPS) is 10.5. The molecule has 0 fully saturated rings. The number of aromatic nitrogens is 2. The number of imidazole rings is 1. The Morgan fingerprint density at radius 1 is 1.00 bits per heavy atom. The van der Waals surface area contributed by atoms with Crippen LogP contribution in [0.2, 0.25) is 0 Å². The van der Waals surface area contributed by atoms with Gasteiger partial charge in [-0.2, -0.15) is 0 Å². The van der Waals surface area contributed by atoms with Gasteiger partial charge in [0.15, 0.2) is 12.4 Å². The van der Waals surface area contributed by atoms with Crippen molar-refractivity contribution in [1.82, 2.24) is 20.8 Å². The maximum absolute atomic E-state index is 11.9. The maximum Gasteiger partial charge on any atom is 0.276 e. The maximum atomic E-state index is 11.9. The number of fused-ring (bicyclic) bond motifs is 1. The molecule has 2 aromatic carbocycles. The number of carbonyl (C=O) groups excluding carboxylic acids is 3. The highest BCUT2D eigenvalue weighted by Gasteiger charge is 2.10. The molecule has 28 heavy (non-hydrogen) atoms. The van der Waals surface area contributed by atoms with Crippen molar-refractivity contribution in [1.29, 1.82) is 0 Å². The first-order chi connectivity index (χ1) is 13.5. The zero-order valence-electron chi connectivity index (χ0n) is 15.3. The van der Waals surface area contributed by atoms with Crippen LogP contribution in [0.3, 0.4) is 0 Å². The van der Waals surface area contributed by atoms with Crippen molar-refractivity contribution >= 4 is 28.6 Å². The van der Waals surface area contributed by atoms with Crippen molar-refractivity contribution in [2.45, 2.75) is 19.8 Å². The van der Waals surface area contributed by atoms with Gasteiger partial charge in [-0.05, 0) is 36.4 Å². The summed E-state index contributed by atoms with van der Waals surface area (Å²) in [7, 11) is 0. The smallest absolute Gasteiger partial charge is 0.276 e. The molecule has 3 rings (SSSR count). The monoisotopic (exact) mass is 380 g/mol. The van der Waals surface area contributed by atoms with Crippen LogP contribution in [0.1, 0.15) is 29.5 Å². The van der Waals surface area contributed by atoms with E-state index in [4.69, 9.17) is 4.74 Å². The SMILES string of the molecule is CCC(=O)c1ccc(OCC(=O)NNC(=O)Cc2nc3ccccc3[nH]2)cc1. The van der Waals surface area contributed by atoms with E-state index in [1.54, 1.807) is 31.2 Å². The van der Waals surface area contributed by atoms with Crippen LogP contribution in [-0.2, 0) is 16.0 Å². The molecule has 0 bridgehead atoms. The molecule has 0 saturated heterocycles. The zero-order chi connectivity index (χ0) is 19.9. The van der Waals surface area contributed by atoms with Gasteiger partial charge in [-0.25, -0.2) is 4.98 Å². The molecule has 8 nitrogen and oxygen atoms in total. The molecular formula is C20H20N4O4. The number of hydrogen-bond acceptors (Lipinski definition) is 5. The number of ketones is 1. The molecule has 0 aliphatic carbocycles. The van der Waals surface area contributed by atoms with Crippen molar-refractivity contribution in [3.63, 3.8) is 0 Å². The summed E-state index contributed by atoms with van der Waals surface area (Å²) in [6, 6.07) is 14.0. The predicted octanol–water partition coefficient (Wildman–Crippen LogP) is 1.92. The minimum Gasteiger partial charge on any atom is -0.484 e. The summed E-state index contributed by atoms with van der Waals surface area (Å²) < 4.78 is 5.33. The van der Waals surface area contributed by atoms with E-state index in [0.29, 0.717) is 23.6 Å². The largest absolute Gasteiger partial charge is 0.484 e. The highest BCUT2D eigenvalue weighted by atomic mass is 16.5. The van der Waals surface area contributed by atoms with Gasteiger partial charge in [0.1, 0.15) is 11.6 Å². The number of H-pyrrole nitrogens is 1. The van der Waals surface area contributed by atoms with E-state index < -0.39 is 11.8 Å². The second-order valence-corrected chi connectivity index (χ2v) is 6.06. The molecule has 0 aliphatic rings. The molecule has 0 spiro atoms. The third-order valence-electron chi connectivity index (χ3n) is 3.98. The number of amides is 2. The van der Waals surface area contributed by atoms with Crippen LogP contribution in [0.15, 0.2) is 48.5 Å². The van der Waals surface area contributed by atoms with E-state index in [2.05, 4.69) is 20.8 Å². The minimum atomic E-state index is -0.508. The van der Waals surface area contributed by atoms with Gasteiger partial charge in [0.05, 0.1) is 17.5 Å². The average Bonchev–Trinajstić information content (AvgIpc) is 3.12. The number of nitrogens with zero attached hydrogens (tertiary/aromatic N) is 1. The molecule has 0 unspecified atom stereocenters. The summed E-state index contributed by atoms with van der Waals surface area (Å²) in [5, 5.41) is 0. The molecule has 1 aromatic heterocycles. The molecule has 3 N–H and O–H groups in total. The fourth-order valence-electron chi connectivity index (χ4n) is 2.55. The number of para-hydroxylation sites is 2. The Labute approximate surface area is 161 Å². The molecule has 0 radical (unpaired) electrons. The summed E-state index contributed by atoms with van der Waals surface area (Å²) in [5.41, 5.74) is 6.82. The van der Waals surface area contributed by atoms with Gasteiger partial charge in [0.2, 0.25) is 5.91 Å². The van der Waals surface area contributed by atoms with Crippen molar-refractivity contribution in [3.8, 4) is 5.75 Å². The number of hydrazine groups is 1. The van der Waals surface area contributed by atoms with Crippen molar-refractivity contribution < 1.29 is 19.1 Å². The minimum absolute atomic E-state index is 0.00271. The van der Waals surface area contributed by atoms with Crippen LogP contribution in [0.5, 0.6) is 5.75 Å². The zero-order valence-corrected chi connectivity index (χ0v) is 15.3.